The van der Waals surface area contributed by atoms with Crippen LogP contribution in [0.1, 0.15) is 16.2 Å². The Bertz CT molecular complexity index is 611. The van der Waals surface area contributed by atoms with E-state index >= 15 is 0 Å². The molecule has 1 aromatic carbocycles. The van der Waals surface area contributed by atoms with Crippen LogP contribution >= 0.6 is 0 Å². The molecule has 21 heavy (non-hydrogen) atoms. The molecule has 0 bridgehead atoms. The van der Waals surface area contributed by atoms with E-state index in [1.165, 1.54) is 0 Å². The average molecular weight is 299 g/mol. The van der Waals surface area contributed by atoms with Crippen molar-refractivity contribution in [3.8, 4) is 0 Å². The van der Waals surface area contributed by atoms with Crippen molar-refractivity contribution >= 4 is 11.9 Å². The summed E-state index contributed by atoms with van der Waals surface area (Å²) >= 11 is 0. The number of carbonyl (C=O) groups excluding carboxylic acids is 1. The van der Waals surface area contributed by atoms with E-state index in [1.807, 2.05) is 0 Å². The van der Waals surface area contributed by atoms with Gasteiger partial charge in [-0.1, -0.05) is 30.3 Å². The second kappa shape index (κ2) is 5.81. The molecule has 0 atom stereocenters. The number of H-pyrrole nitrogens is 1. The Morgan fingerprint density at radius 2 is 1.95 bits per heavy atom. The minimum Gasteiger partial charge on any atom is -0.366 e. The number of hydrogen-bond acceptors (Lipinski definition) is 4. The Morgan fingerprint density at radius 3 is 2.48 bits per heavy atom. The molecule has 2 aromatic rings. The van der Waals surface area contributed by atoms with Gasteiger partial charge in [0.15, 0.2) is 0 Å². The van der Waals surface area contributed by atoms with E-state index in [4.69, 9.17) is 5.73 Å². The van der Waals surface area contributed by atoms with E-state index in [0.717, 1.165) is 0 Å². The number of alkyl halides is 3. The zero-order valence-electron chi connectivity index (χ0n) is 10.8. The summed E-state index contributed by atoms with van der Waals surface area (Å²) in [6.07, 6.45) is -4.52. The number of rotatable bonds is 4. The quantitative estimate of drug-likeness (QED) is 0.897. The van der Waals surface area contributed by atoms with Crippen LogP contribution in [-0.4, -0.2) is 38.7 Å². The molecule has 0 fully saturated rings. The van der Waals surface area contributed by atoms with Crippen LogP contribution in [0.15, 0.2) is 30.3 Å². The SMILES string of the molecule is Nc1n[nH]c(C(=O)N(Cc2ccccc2)CC(F)(F)F)n1. The highest BCUT2D eigenvalue weighted by Crippen LogP contribution is 2.19. The first-order valence-electron chi connectivity index (χ1n) is 5.93. The predicted molar refractivity (Wildman–Crippen MR) is 68.0 cm³/mol. The molecule has 0 aliphatic carbocycles. The van der Waals surface area contributed by atoms with E-state index in [1.54, 1.807) is 30.3 Å². The van der Waals surface area contributed by atoms with Crippen molar-refractivity contribution < 1.29 is 18.0 Å². The number of nitrogen functional groups attached to an aromatic ring is 1. The van der Waals surface area contributed by atoms with Crippen LogP contribution in [0.2, 0.25) is 0 Å². The number of nitrogens with zero attached hydrogens (tertiary/aromatic N) is 3. The van der Waals surface area contributed by atoms with Crippen LogP contribution in [0, 0.1) is 0 Å². The molecule has 1 amide bonds. The van der Waals surface area contributed by atoms with Gasteiger partial charge in [0, 0.05) is 6.54 Å². The number of anilines is 1. The molecule has 2 rings (SSSR count). The summed E-state index contributed by atoms with van der Waals surface area (Å²) in [6.45, 7) is -1.58. The minimum absolute atomic E-state index is 0.195. The van der Waals surface area contributed by atoms with Crippen molar-refractivity contribution in [2.45, 2.75) is 12.7 Å². The maximum Gasteiger partial charge on any atom is 0.406 e. The molecule has 0 saturated carbocycles. The van der Waals surface area contributed by atoms with Crippen molar-refractivity contribution in [3.05, 3.63) is 41.7 Å². The first-order valence-corrected chi connectivity index (χ1v) is 5.93. The third-order valence-corrected chi connectivity index (χ3v) is 2.58. The molecule has 112 valence electrons. The Labute approximate surface area is 117 Å². The van der Waals surface area contributed by atoms with Gasteiger partial charge in [-0.05, 0) is 5.56 Å². The highest BCUT2D eigenvalue weighted by Gasteiger charge is 2.34. The number of nitrogens with two attached hydrogens (primary N) is 1. The molecule has 0 saturated heterocycles. The zero-order chi connectivity index (χ0) is 15.5. The maximum absolute atomic E-state index is 12.6. The topological polar surface area (TPSA) is 87.9 Å². The summed E-state index contributed by atoms with van der Waals surface area (Å²) in [4.78, 5) is 16.3. The van der Waals surface area contributed by atoms with Gasteiger partial charge in [0.1, 0.15) is 6.54 Å². The lowest BCUT2D eigenvalue weighted by atomic mass is 10.2. The molecule has 0 aliphatic heterocycles. The first-order chi connectivity index (χ1) is 9.85. The van der Waals surface area contributed by atoms with E-state index in [-0.39, 0.29) is 18.3 Å². The van der Waals surface area contributed by atoms with Crippen LogP contribution in [-0.2, 0) is 6.54 Å². The van der Waals surface area contributed by atoms with Gasteiger partial charge < -0.3 is 10.6 Å². The van der Waals surface area contributed by atoms with Gasteiger partial charge in [-0.15, -0.1) is 5.10 Å². The smallest absolute Gasteiger partial charge is 0.366 e. The molecule has 0 spiro atoms. The van der Waals surface area contributed by atoms with Gasteiger partial charge in [0.2, 0.25) is 11.8 Å². The van der Waals surface area contributed by atoms with Crippen molar-refractivity contribution in [1.29, 1.82) is 0 Å². The molecule has 9 heteroatoms. The normalized spacial score (nSPS) is 11.4. The van der Waals surface area contributed by atoms with Crippen molar-refractivity contribution in [1.82, 2.24) is 20.1 Å². The Kier molecular flexibility index (Phi) is 4.10. The van der Waals surface area contributed by atoms with Crippen LogP contribution in [0.25, 0.3) is 0 Å². The number of carbonyl (C=O) groups is 1. The molecule has 6 nitrogen and oxygen atoms in total. The fraction of sp³-hybridized carbons (Fsp3) is 0.250. The number of aromatic nitrogens is 3. The molecule has 0 aliphatic rings. The molecule has 0 radical (unpaired) electrons. The van der Waals surface area contributed by atoms with Crippen LogP contribution in [0.4, 0.5) is 19.1 Å². The Morgan fingerprint density at radius 1 is 1.29 bits per heavy atom. The van der Waals surface area contributed by atoms with E-state index in [0.29, 0.717) is 10.5 Å². The molecule has 3 N–H and O–H groups in total. The third-order valence-electron chi connectivity index (χ3n) is 2.58. The molecular formula is C12H12F3N5O. The lowest BCUT2D eigenvalue weighted by Gasteiger charge is -2.23. The van der Waals surface area contributed by atoms with Crippen LogP contribution in [0.3, 0.4) is 0 Å². The fourth-order valence-corrected chi connectivity index (χ4v) is 1.74. The van der Waals surface area contributed by atoms with Gasteiger partial charge >= 0.3 is 6.18 Å². The number of benzene rings is 1. The van der Waals surface area contributed by atoms with Crippen molar-refractivity contribution in [2.24, 2.45) is 0 Å². The summed E-state index contributed by atoms with van der Waals surface area (Å²) < 4.78 is 37.9. The van der Waals surface area contributed by atoms with Crippen molar-refractivity contribution in [3.63, 3.8) is 0 Å². The number of halogens is 3. The lowest BCUT2D eigenvalue weighted by Crippen LogP contribution is -2.39. The van der Waals surface area contributed by atoms with Gasteiger partial charge in [0.25, 0.3) is 5.91 Å². The van der Waals surface area contributed by atoms with Crippen LogP contribution in [0.5, 0.6) is 0 Å². The highest BCUT2D eigenvalue weighted by atomic mass is 19.4. The summed E-state index contributed by atoms with van der Waals surface area (Å²) in [5, 5.41) is 5.65. The van der Waals surface area contributed by atoms with Gasteiger partial charge in [0.05, 0.1) is 0 Å². The Balaban J connectivity index is 2.21. The summed E-state index contributed by atoms with van der Waals surface area (Å²) in [5.74, 6) is -1.45. The lowest BCUT2D eigenvalue weighted by molar-refractivity contribution is -0.141. The molecular weight excluding hydrogens is 287 g/mol. The molecule has 1 aromatic heterocycles. The monoisotopic (exact) mass is 299 g/mol. The largest absolute Gasteiger partial charge is 0.406 e. The number of amides is 1. The van der Waals surface area contributed by atoms with Gasteiger partial charge in [-0.25, -0.2) is 0 Å². The standard InChI is InChI=1S/C12H12F3N5O/c13-12(14,15)7-20(6-8-4-2-1-3-5-8)10(21)9-17-11(16)19-18-9/h1-5H,6-7H2,(H3,16,17,18,19). The van der Waals surface area contributed by atoms with Gasteiger partial charge in [-0.3, -0.25) is 9.89 Å². The summed E-state index contributed by atoms with van der Waals surface area (Å²) in [5.41, 5.74) is 5.82. The van der Waals surface area contributed by atoms with Gasteiger partial charge in [-0.2, -0.15) is 18.2 Å². The first kappa shape index (κ1) is 14.8. The van der Waals surface area contributed by atoms with E-state index in [2.05, 4.69) is 15.2 Å². The maximum atomic E-state index is 12.6. The van der Waals surface area contributed by atoms with E-state index < -0.39 is 18.6 Å². The molecule has 0 unspecified atom stereocenters. The Hall–Kier alpha value is -2.58. The summed E-state index contributed by atoms with van der Waals surface area (Å²) in [6, 6.07) is 8.35. The number of hydrogen-bond donors (Lipinski definition) is 2. The highest BCUT2D eigenvalue weighted by molar-refractivity contribution is 5.90. The van der Waals surface area contributed by atoms with Crippen LogP contribution < -0.4 is 5.73 Å². The predicted octanol–water partition coefficient (Wildman–Crippen LogP) is 1.59. The second-order valence-corrected chi connectivity index (χ2v) is 4.30. The third kappa shape index (κ3) is 4.20. The van der Waals surface area contributed by atoms with E-state index in [9.17, 15) is 18.0 Å². The zero-order valence-corrected chi connectivity index (χ0v) is 10.8. The minimum atomic E-state index is -4.52. The average Bonchev–Trinajstić information content (AvgIpc) is 2.83. The molecule has 1 heterocycles. The summed E-state index contributed by atoms with van der Waals surface area (Å²) in [7, 11) is 0. The number of aromatic amines is 1. The number of nitrogens with one attached hydrogen (secondary N) is 1. The van der Waals surface area contributed by atoms with Crippen molar-refractivity contribution in [2.75, 3.05) is 12.3 Å². The second-order valence-electron chi connectivity index (χ2n) is 4.30. The fourth-order valence-electron chi connectivity index (χ4n) is 1.74.